The van der Waals surface area contributed by atoms with E-state index >= 15 is 0 Å². The average Bonchev–Trinajstić information content (AvgIpc) is 2.87. The van der Waals surface area contributed by atoms with Crippen LogP contribution in [0, 0.1) is 0 Å². The molecule has 0 saturated heterocycles. The van der Waals surface area contributed by atoms with Gasteiger partial charge in [-0.15, -0.1) is 0 Å². The summed E-state index contributed by atoms with van der Waals surface area (Å²) in [6.45, 7) is 5.64. The number of alkyl carbamates (subject to hydrolysis) is 1. The van der Waals surface area contributed by atoms with Crippen molar-refractivity contribution in [2.45, 2.75) is 57.9 Å². The summed E-state index contributed by atoms with van der Waals surface area (Å²) in [5.74, 6) is -0.534. The summed E-state index contributed by atoms with van der Waals surface area (Å²) in [6, 6.07) is 24.4. The van der Waals surface area contributed by atoms with Crippen molar-refractivity contribution >= 4 is 17.9 Å². The molecule has 0 radical (unpaired) electrons. The molecule has 200 valence electrons. The number of carbonyl (C=O) groups is 3. The Balaban J connectivity index is 1.70. The molecular weight excluding hydrogens is 482 g/mol. The van der Waals surface area contributed by atoms with E-state index in [2.05, 4.69) is 10.6 Å². The van der Waals surface area contributed by atoms with Gasteiger partial charge in [0.2, 0.25) is 11.8 Å². The van der Waals surface area contributed by atoms with Crippen LogP contribution in [0.2, 0.25) is 0 Å². The van der Waals surface area contributed by atoms with Crippen LogP contribution in [0.15, 0.2) is 84.9 Å². The maximum absolute atomic E-state index is 13.3. The van der Waals surface area contributed by atoms with Gasteiger partial charge in [-0.2, -0.15) is 0 Å². The van der Waals surface area contributed by atoms with Crippen LogP contribution >= 0.6 is 0 Å². The molecule has 0 fully saturated rings. The second kappa shape index (κ2) is 13.3. The van der Waals surface area contributed by atoms with Gasteiger partial charge in [0.25, 0.3) is 0 Å². The van der Waals surface area contributed by atoms with Gasteiger partial charge in [-0.3, -0.25) is 9.59 Å². The highest BCUT2D eigenvalue weighted by molar-refractivity contribution is 5.91. The third-order valence-corrected chi connectivity index (χ3v) is 5.56. The van der Waals surface area contributed by atoms with Crippen LogP contribution in [0.25, 0.3) is 0 Å². The van der Waals surface area contributed by atoms with E-state index in [0.717, 1.165) is 16.7 Å². The van der Waals surface area contributed by atoms with Gasteiger partial charge in [0.1, 0.15) is 30.0 Å². The number of benzene rings is 3. The molecule has 8 nitrogen and oxygen atoms in total. The number of rotatable bonds is 11. The van der Waals surface area contributed by atoms with Gasteiger partial charge < -0.3 is 25.8 Å². The molecule has 0 aromatic heterocycles. The molecule has 0 aliphatic heterocycles. The van der Waals surface area contributed by atoms with Crippen molar-refractivity contribution in [3.63, 3.8) is 0 Å². The molecule has 3 rings (SSSR count). The molecule has 2 atom stereocenters. The zero-order chi connectivity index (χ0) is 27.5. The normalized spacial score (nSPS) is 12.6. The molecule has 3 amide bonds. The monoisotopic (exact) mass is 517 g/mol. The van der Waals surface area contributed by atoms with Crippen molar-refractivity contribution in [3.8, 4) is 5.75 Å². The summed E-state index contributed by atoms with van der Waals surface area (Å²) < 4.78 is 11.2. The van der Waals surface area contributed by atoms with Gasteiger partial charge in [0.15, 0.2) is 0 Å². The van der Waals surface area contributed by atoms with E-state index in [-0.39, 0.29) is 12.8 Å². The minimum atomic E-state index is -1.00. The topological polar surface area (TPSA) is 120 Å². The van der Waals surface area contributed by atoms with E-state index < -0.39 is 35.6 Å². The van der Waals surface area contributed by atoms with Gasteiger partial charge in [-0.1, -0.05) is 72.8 Å². The fraction of sp³-hybridized carbons (Fsp3) is 0.300. The fourth-order valence-electron chi connectivity index (χ4n) is 3.70. The number of ether oxygens (including phenoxy) is 2. The molecular formula is C30H35N3O5. The van der Waals surface area contributed by atoms with Crippen molar-refractivity contribution in [1.29, 1.82) is 0 Å². The van der Waals surface area contributed by atoms with Crippen LogP contribution in [0.4, 0.5) is 4.79 Å². The first-order valence-corrected chi connectivity index (χ1v) is 12.5. The minimum absolute atomic E-state index is 0.168. The van der Waals surface area contributed by atoms with E-state index in [1.54, 1.807) is 20.8 Å². The van der Waals surface area contributed by atoms with E-state index in [1.165, 1.54) is 0 Å². The highest BCUT2D eigenvalue weighted by Gasteiger charge is 2.28. The Bertz CT molecular complexity index is 1190. The van der Waals surface area contributed by atoms with Crippen molar-refractivity contribution in [2.24, 2.45) is 5.73 Å². The summed E-state index contributed by atoms with van der Waals surface area (Å²) >= 11 is 0. The fourth-order valence-corrected chi connectivity index (χ4v) is 3.70. The maximum atomic E-state index is 13.3. The number of hydrogen-bond acceptors (Lipinski definition) is 5. The van der Waals surface area contributed by atoms with Crippen molar-refractivity contribution < 1.29 is 23.9 Å². The summed E-state index contributed by atoms with van der Waals surface area (Å²) in [6.07, 6.45) is -0.339. The quantitative estimate of drug-likeness (QED) is 0.356. The van der Waals surface area contributed by atoms with Crippen LogP contribution < -0.4 is 21.1 Å². The Hall–Kier alpha value is -4.33. The first-order chi connectivity index (χ1) is 18.1. The summed E-state index contributed by atoms with van der Waals surface area (Å²) in [5, 5.41) is 5.33. The van der Waals surface area contributed by atoms with Gasteiger partial charge in [0, 0.05) is 12.8 Å². The van der Waals surface area contributed by atoms with E-state index in [1.807, 2.05) is 84.9 Å². The molecule has 3 aromatic carbocycles. The summed E-state index contributed by atoms with van der Waals surface area (Å²) in [7, 11) is 0. The van der Waals surface area contributed by atoms with E-state index in [4.69, 9.17) is 15.2 Å². The largest absolute Gasteiger partial charge is 0.489 e. The zero-order valence-electron chi connectivity index (χ0n) is 22.0. The lowest BCUT2D eigenvalue weighted by atomic mass is 10.0. The molecule has 0 bridgehead atoms. The SMILES string of the molecule is CC(C)(C)OC(=O)NC(Cc1ccc(OCc2ccccc2)cc1)C(=O)NC(Cc1ccccc1)C(N)=O. The number of primary amides is 1. The highest BCUT2D eigenvalue weighted by atomic mass is 16.6. The van der Waals surface area contributed by atoms with Crippen LogP contribution in [-0.2, 0) is 33.8 Å². The zero-order valence-corrected chi connectivity index (χ0v) is 22.0. The Morgan fingerprint density at radius 1 is 0.737 bits per heavy atom. The Labute approximate surface area is 223 Å². The van der Waals surface area contributed by atoms with Gasteiger partial charge in [-0.25, -0.2) is 4.79 Å². The number of carbonyl (C=O) groups excluding carboxylic acids is 3. The third kappa shape index (κ3) is 9.61. The van der Waals surface area contributed by atoms with E-state index in [0.29, 0.717) is 12.4 Å². The predicted octanol–water partition coefficient (Wildman–Crippen LogP) is 3.91. The lowest BCUT2D eigenvalue weighted by molar-refractivity contribution is -0.128. The van der Waals surface area contributed by atoms with Crippen molar-refractivity contribution in [3.05, 3.63) is 102 Å². The van der Waals surface area contributed by atoms with Crippen molar-refractivity contribution in [1.82, 2.24) is 10.6 Å². The molecule has 0 heterocycles. The second-order valence-electron chi connectivity index (χ2n) is 9.97. The molecule has 4 N–H and O–H groups in total. The second-order valence-corrected chi connectivity index (χ2v) is 9.97. The molecule has 3 aromatic rings. The highest BCUT2D eigenvalue weighted by Crippen LogP contribution is 2.16. The first-order valence-electron chi connectivity index (χ1n) is 12.5. The molecule has 2 unspecified atom stereocenters. The van der Waals surface area contributed by atoms with Gasteiger partial charge in [0.05, 0.1) is 0 Å². The summed E-state index contributed by atoms with van der Waals surface area (Å²) in [4.78, 5) is 37.9. The predicted molar refractivity (Wildman–Crippen MR) is 145 cm³/mol. The lowest BCUT2D eigenvalue weighted by Gasteiger charge is -2.25. The minimum Gasteiger partial charge on any atom is -0.489 e. The van der Waals surface area contributed by atoms with Crippen LogP contribution in [0.3, 0.4) is 0 Å². The Morgan fingerprint density at radius 2 is 1.26 bits per heavy atom. The number of hydrogen-bond donors (Lipinski definition) is 3. The Kier molecular flexibility index (Phi) is 9.87. The van der Waals surface area contributed by atoms with Crippen LogP contribution in [-0.4, -0.2) is 35.6 Å². The first kappa shape index (κ1) is 28.2. The molecule has 0 aliphatic rings. The number of nitrogens with one attached hydrogen (secondary N) is 2. The Morgan fingerprint density at radius 3 is 1.82 bits per heavy atom. The lowest BCUT2D eigenvalue weighted by Crippen LogP contribution is -2.54. The maximum Gasteiger partial charge on any atom is 0.408 e. The molecule has 0 aliphatic carbocycles. The smallest absolute Gasteiger partial charge is 0.408 e. The summed E-state index contributed by atoms with van der Waals surface area (Å²) in [5.41, 5.74) is 7.51. The molecule has 38 heavy (non-hydrogen) atoms. The van der Waals surface area contributed by atoms with Gasteiger partial charge >= 0.3 is 6.09 Å². The van der Waals surface area contributed by atoms with Crippen LogP contribution in [0.5, 0.6) is 5.75 Å². The molecule has 0 spiro atoms. The standard InChI is InChI=1S/C30H35N3O5/c1-30(2,3)38-29(36)33-26(28(35)32-25(27(31)34)18-21-10-6-4-7-11-21)19-22-14-16-24(17-15-22)37-20-23-12-8-5-9-13-23/h4-17,25-26H,18-20H2,1-3H3,(H2,31,34)(H,32,35)(H,33,36). The number of nitrogens with two attached hydrogens (primary N) is 1. The van der Waals surface area contributed by atoms with E-state index in [9.17, 15) is 14.4 Å². The van der Waals surface area contributed by atoms with Crippen LogP contribution in [0.1, 0.15) is 37.5 Å². The molecule has 8 heteroatoms. The molecule has 0 saturated carbocycles. The third-order valence-electron chi connectivity index (χ3n) is 5.56. The average molecular weight is 518 g/mol. The van der Waals surface area contributed by atoms with Crippen molar-refractivity contribution in [2.75, 3.05) is 0 Å². The number of amides is 3. The van der Waals surface area contributed by atoms with Gasteiger partial charge in [-0.05, 0) is 49.6 Å².